The third kappa shape index (κ3) is 5.25. The van der Waals surface area contributed by atoms with Crippen LogP contribution in [-0.4, -0.2) is 47.2 Å². The van der Waals surface area contributed by atoms with Gasteiger partial charge in [-0.2, -0.15) is 0 Å². The number of carbonyl (C=O) groups excluding carboxylic acids is 2. The van der Waals surface area contributed by atoms with Gasteiger partial charge in [-0.25, -0.2) is 9.97 Å². The van der Waals surface area contributed by atoms with Gasteiger partial charge in [0.1, 0.15) is 0 Å². The highest BCUT2D eigenvalue weighted by Gasteiger charge is 2.29. The molecule has 38 heavy (non-hydrogen) atoms. The van der Waals surface area contributed by atoms with Crippen LogP contribution in [0.5, 0.6) is 0 Å². The summed E-state index contributed by atoms with van der Waals surface area (Å²) in [5, 5.41) is 14.5. The zero-order valence-electron chi connectivity index (χ0n) is 20.7. The third-order valence-corrected chi connectivity index (χ3v) is 9.07. The Kier molecular flexibility index (Phi) is 7.28. The zero-order chi connectivity index (χ0) is 25.9. The molecule has 2 aliphatic carbocycles. The molecule has 0 aliphatic heterocycles. The van der Waals surface area contributed by atoms with Crippen molar-refractivity contribution >= 4 is 40.7 Å². The van der Waals surface area contributed by atoms with Gasteiger partial charge < -0.3 is 0 Å². The van der Waals surface area contributed by atoms with Gasteiger partial charge in [0.05, 0.1) is 17.0 Å². The van der Waals surface area contributed by atoms with Crippen LogP contribution in [0.15, 0.2) is 53.4 Å². The Morgan fingerprint density at radius 1 is 1.11 bits per heavy atom. The second-order valence-corrected chi connectivity index (χ2v) is 11.6. The molecule has 194 valence electrons. The number of carbonyl (C=O) groups is 2. The summed E-state index contributed by atoms with van der Waals surface area (Å²) in [6.07, 6.45) is 11.9. The van der Waals surface area contributed by atoms with E-state index >= 15 is 0 Å². The monoisotopic (exact) mass is 545 g/mol. The van der Waals surface area contributed by atoms with Crippen LogP contribution in [0.1, 0.15) is 71.4 Å². The Bertz CT molecular complexity index is 1430. The van der Waals surface area contributed by atoms with Crippen LogP contribution in [0.2, 0.25) is 0 Å². The number of hydrogen-bond acceptors (Lipinski definition) is 9. The molecule has 4 heterocycles. The quantitative estimate of drug-likeness (QED) is 0.310. The zero-order valence-corrected chi connectivity index (χ0v) is 22.4. The lowest BCUT2D eigenvalue weighted by molar-refractivity contribution is -0.113. The maximum Gasteiger partial charge on any atom is 0.237 e. The third-order valence-electron chi connectivity index (χ3n) is 7.09. The lowest BCUT2D eigenvalue weighted by atomic mass is 9.86. The minimum absolute atomic E-state index is 0.0459. The molecule has 2 aliphatic rings. The van der Waals surface area contributed by atoms with E-state index in [2.05, 4.69) is 41.1 Å². The first-order chi connectivity index (χ1) is 18.7. The summed E-state index contributed by atoms with van der Waals surface area (Å²) < 4.78 is 2.18. The summed E-state index contributed by atoms with van der Waals surface area (Å²) >= 11 is 3.01. The molecule has 6 rings (SSSR count). The number of thioether (sulfide) groups is 1. The number of pyridine rings is 1. The molecule has 4 aromatic heterocycles. The van der Waals surface area contributed by atoms with E-state index in [1.165, 1.54) is 42.1 Å². The van der Waals surface area contributed by atoms with Gasteiger partial charge in [-0.05, 0) is 42.8 Å². The van der Waals surface area contributed by atoms with Crippen molar-refractivity contribution in [2.24, 2.45) is 0 Å². The molecule has 0 radical (unpaired) electrons. The Morgan fingerprint density at radius 2 is 2.00 bits per heavy atom. The Hall–Kier alpha value is -3.44. The van der Waals surface area contributed by atoms with Crippen LogP contribution in [-0.2, 0) is 11.2 Å². The summed E-state index contributed by atoms with van der Waals surface area (Å²) in [7, 11) is 0. The molecule has 1 saturated carbocycles. The molecule has 9 nitrogen and oxygen atoms in total. The van der Waals surface area contributed by atoms with Crippen molar-refractivity contribution in [1.82, 2.24) is 29.7 Å². The molecule has 1 atom stereocenters. The predicted molar refractivity (Wildman–Crippen MR) is 146 cm³/mol. The van der Waals surface area contributed by atoms with Crippen LogP contribution in [0.3, 0.4) is 0 Å². The molecular weight excluding hydrogens is 518 g/mol. The normalized spacial score (nSPS) is 17.8. The van der Waals surface area contributed by atoms with Crippen molar-refractivity contribution in [2.45, 2.75) is 62.1 Å². The first-order valence-electron chi connectivity index (χ1n) is 12.9. The van der Waals surface area contributed by atoms with Gasteiger partial charge >= 0.3 is 0 Å². The van der Waals surface area contributed by atoms with E-state index < -0.39 is 0 Å². The molecule has 0 aromatic carbocycles. The number of thiophene rings is 1. The molecule has 1 N–H and O–H groups in total. The van der Waals surface area contributed by atoms with Crippen molar-refractivity contribution in [3.63, 3.8) is 0 Å². The maximum atomic E-state index is 12.9. The van der Waals surface area contributed by atoms with Crippen LogP contribution < -0.4 is 5.32 Å². The fourth-order valence-electron chi connectivity index (χ4n) is 5.26. The molecule has 0 spiro atoms. The highest BCUT2D eigenvalue weighted by molar-refractivity contribution is 7.99. The Labute approximate surface area is 228 Å². The standard InChI is InChI=1S/C27H27N7O2S2/c35-22-13-18(23-9-5-11-37-23)12-21-20(22)15-29-26(30-21)31-24(36)16-38-27-33-32-25(17-6-4-10-28-14-17)34(27)19-7-2-1-3-8-19/h4-6,9-11,14-15,18-19H,1-3,7-8,12-13,16H2,(H,29,30,31,36)/t18-/m1/s1. The van der Waals surface area contributed by atoms with E-state index in [1.54, 1.807) is 23.7 Å². The summed E-state index contributed by atoms with van der Waals surface area (Å²) in [5.41, 5.74) is 2.16. The number of aromatic nitrogens is 6. The maximum absolute atomic E-state index is 12.9. The first-order valence-corrected chi connectivity index (χ1v) is 14.7. The second kappa shape index (κ2) is 11.1. The Balaban J connectivity index is 1.16. The largest absolute Gasteiger partial charge is 0.299 e. The van der Waals surface area contributed by atoms with Crippen molar-refractivity contribution in [3.05, 3.63) is 64.4 Å². The highest BCUT2D eigenvalue weighted by Crippen LogP contribution is 2.36. The van der Waals surface area contributed by atoms with Crippen molar-refractivity contribution in [1.29, 1.82) is 0 Å². The van der Waals surface area contributed by atoms with Crippen LogP contribution in [0.4, 0.5) is 5.95 Å². The van der Waals surface area contributed by atoms with E-state index in [-0.39, 0.29) is 29.3 Å². The summed E-state index contributed by atoms with van der Waals surface area (Å²) in [6.45, 7) is 0. The highest BCUT2D eigenvalue weighted by atomic mass is 32.2. The van der Waals surface area contributed by atoms with E-state index in [0.29, 0.717) is 30.1 Å². The van der Waals surface area contributed by atoms with E-state index in [4.69, 9.17) is 0 Å². The molecule has 0 saturated heterocycles. The number of hydrogen-bond donors (Lipinski definition) is 1. The van der Waals surface area contributed by atoms with Gasteiger partial charge in [0, 0.05) is 47.4 Å². The van der Waals surface area contributed by atoms with E-state index in [0.717, 1.165) is 29.4 Å². The fourth-order valence-corrected chi connectivity index (χ4v) is 6.89. The first kappa shape index (κ1) is 24.9. The minimum Gasteiger partial charge on any atom is -0.299 e. The van der Waals surface area contributed by atoms with Crippen molar-refractivity contribution < 1.29 is 9.59 Å². The molecule has 4 aromatic rings. The van der Waals surface area contributed by atoms with Gasteiger partial charge in [-0.15, -0.1) is 21.5 Å². The topological polar surface area (TPSA) is 116 Å². The van der Waals surface area contributed by atoms with Crippen LogP contribution >= 0.6 is 23.1 Å². The lowest BCUT2D eigenvalue weighted by Gasteiger charge is -2.25. The summed E-state index contributed by atoms with van der Waals surface area (Å²) in [5.74, 6) is 1.09. The smallest absolute Gasteiger partial charge is 0.237 e. The van der Waals surface area contributed by atoms with E-state index in [1.807, 2.05) is 23.6 Å². The number of ketones is 1. The second-order valence-electron chi connectivity index (χ2n) is 9.64. The van der Waals surface area contributed by atoms with Crippen molar-refractivity contribution in [3.8, 4) is 11.4 Å². The van der Waals surface area contributed by atoms with Crippen molar-refractivity contribution in [2.75, 3.05) is 11.1 Å². The molecule has 1 amide bonds. The number of amides is 1. The number of nitrogens with one attached hydrogen (secondary N) is 1. The predicted octanol–water partition coefficient (Wildman–Crippen LogP) is 5.34. The molecule has 0 bridgehead atoms. The summed E-state index contributed by atoms with van der Waals surface area (Å²) in [6, 6.07) is 8.24. The van der Waals surface area contributed by atoms with Crippen LogP contribution in [0, 0.1) is 0 Å². The fraction of sp³-hybridized carbons (Fsp3) is 0.370. The average molecular weight is 546 g/mol. The van der Waals surface area contributed by atoms with Crippen LogP contribution in [0.25, 0.3) is 11.4 Å². The average Bonchev–Trinajstić information content (AvgIpc) is 3.63. The van der Waals surface area contributed by atoms with E-state index in [9.17, 15) is 9.59 Å². The number of Topliss-reactive ketones (excluding diaryl/α,β-unsaturated/α-hetero) is 1. The van der Waals surface area contributed by atoms with Gasteiger partial charge in [-0.1, -0.05) is 37.1 Å². The minimum atomic E-state index is -0.229. The van der Waals surface area contributed by atoms with Gasteiger partial charge in [-0.3, -0.25) is 24.5 Å². The number of rotatable bonds is 7. The van der Waals surface area contributed by atoms with Gasteiger partial charge in [0.2, 0.25) is 11.9 Å². The Morgan fingerprint density at radius 3 is 2.79 bits per heavy atom. The molecular formula is C27H27N7O2S2. The summed E-state index contributed by atoms with van der Waals surface area (Å²) in [4.78, 5) is 39.8. The molecule has 11 heteroatoms. The van der Waals surface area contributed by atoms with Gasteiger partial charge in [0.15, 0.2) is 16.8 Å². The SMILES string of the molecule is O=C(CSc1nnc(-c2cccnc2)n1C1CCCCC1)Nc1ncc2c(n1)C[C@@H](c1cccs1)CC2=O. The number of nitrogens with zero attached hydrogens (tertiary/aromatic N) is 6. The number of anilines is 1. The molecule has 0 unspecified atom stereocenters. The number of fused-ring (bicyclic) bond motifs is 1. The molecule has 1 fully saturated rings. The van der Waals surface area contributed by atoms with Gasteiger partial charge in [0.25, 0.3) is 0 Å². The lowest BCUT2D eigenvalue weighted by Crippen LogP contribution is -2.22.